The van der Waals surface area contributed by atoms with E-state index in [1.54, 1.807) is 11.3 Å². The molecule has 2 aromatic heterocycles. The number of aromatic nitrogens is 2. The van der Waals surface area contributed by atoms with E-state index >= 15 is 0 Å². The van der Waals surface area contributed by atoms with Crippen LogP contribution in [0.3, 0.4) is 0 Å². The van der Waals surface area contributed by atoms with Crippen molar-refractivity contribution in [2.75, 3.05) is 6.61 Å². The highest BCUT2D eigenvalue weighted by molar-refractivity contribution is 7.19. The van der Waals surface area contributed by atoms with E-state index in [1.165, 1.54) is 23.3 Å². The van der Waals surface area contributed by atoms with Crippen LogP contribution in [0.25, 0.3) is 10.2 Å². The Morgan fingerprint density at radius 2 is 2.17 bits per heavy atom. The summed E-state index contributed by atoms with van der Waals surface area (Å²) in [6.07, 6.45) is 5.67. The summed E-state index contributed by atoms with van der Waals surface area (Å²) in [5.41, 5.74) is 1.39. The Hall–Kier alpha value is -0.710. The van der Waals surface area contributed by atoms with Crippen molar-refractivity contribution in [1.29, 1.82) is 0 Å². The normalized spacial score (nSPS) is 22.8. The van der Waals surface area contributed by atoms with E-state index < -0.39 is 0 Å². The zero-order chi connectivity index (χ0) is 12.1. The molecule has 0 bridgehead atoms. The maximum atomic E-state index is 6.37. The summed E-state index contributed by atoms with van der Waals surface area (Å²) in [4.78, 5) is 11.6. The van der Waals surface area contributed by atoms with Gasteiger partial charge in [0, 0.05) is 11.5 Å². The minimum atomic E-state index is 0.0452. The second-order valence-corrected chi connectivity index (χ2v) is 6.35. The van der Waals surface area contributed by atoms with Gasteiger partial charge in [-0.1, -0.05) is 11.6 Å². The molecular formula is C13H13ClN2OS. The summed E-state index contributed by atoms with van der Waals surface area (Å²) < 4.78 is 5.64. The van der Waals surface area contributed by atoms with Crippen LogP contribution in [0, 0.1) is 0 Å². The number of aryl methyl sites for hydroxylation is 2. The van der Waals surface area contributed by atoms with Crippen molar-refractivity contribution < 1.29 is 4.74 Å². The smallest absolute Gasteiger partial charge is 0.160 e. The molecule has 0 aromatic carbocycles. The van der Waals surface area contributed by atoms with Gasteiger partial charge in [0.25, 0.3) is 0 Å². The van der Waals surface area contributed by atoms with E-state index in [4.69, 9.17) is 16.3 Å². The lowest BCUT2D eigenvalue weighted by molar-refractivity contribution is 0.105. The molecule has 1 saturated heterocycles. The molecule has 2 aliphatic rings. The zero-order valence-electron chi connectivity index (χ0n) is 9.91. The second-order valence-electron chi connectivity index (χ2n) is 4.91. The van der Waals surface area contributed by atoms with Crippen LogP contribution in [-0.2, 0) is 17.6 Å². The third kappa shape index (κ3) is 1.59. The number of thiophene rings is 1. The molecule has 0 saturated carbocycles. The first kappa shape index (κ1) is 11.1. The van der Waals surface area contributed by atoms with Crippen molar-refractivity contribution in [1.82, 2.24) is 9.97 Å². The van der Waals surface area contributed by atoms with Crippen LogP contribution < -0.4 is 0 Å². The largest absolute Gasteiger partial charge is 0.370 e. The SMILES string of the molecule is Clc1nc(C2CCCO2)nc2sc3c(c12)CCC3. The van der Waals surface area contributed by atoms with Crippen LogP contribution >= 0.6 is 22.9 Å². The lowest BCUT2D eigenvalue weighted by atomic mass is 10.2. The highest BCUT2D eigenvalue weighted by Crippen LogP contribution is 2.40. The Bertz CT molecular complexity index is 619. The molecule has 5 heteroatoms. The van der Waals surface area contributed by atoms with Gasteiger partial charge in [-0.05, 0) is 37.7 Å². The third-order valence-electron chi connectivity index (χ3n) is 3.76. The van der Waals surface area contributed by atoms with Crippen molar-refractivity contribution in [2.45, 2.75) is 38.2 Å². The molecule has 1 atom stereocenters. The Morgan fingerprint density at radius 3 is 3.00 bits per heavy atom. The van der Waals surface area contributed by atoms with E-state index in [0.717, 1.165) is 41.9 Å². The van der Waals surface area contributed by atoms with E-state index in [0.29, 0.717) is 5.15 Å². The van der Waals surface area contributed by atoms with Crippen LogP contribution in [0.1, 0.15) is 41.6 Å². The summed E-state index contributed by atoms with van der Waals surface area (Å²) >= 11 is 8.15. The molecule has 0 radical (unpaired) electrons. The number of hydrogen-bond donors (Lipinski definition) is 0. The summed E-state index contributed by atoms with van der Waals surface area (Å²) in [7, 11) is 0. The van der Waals surface area contributed by atoms with Crippen LogP contribution in [-0.4, -0.2) is 16.6 Å². The van der Waals surface area contributed by atoms with E-state index in [9.17, 15) is 0 Å². The number of fused-ring (bicyclic) bond motifs is 3. The predicted octanol–water partition coefficient (Wildman–Crippen LogP) is 3.68. The minimum Gasteiger partial charge on any atom is -0.370 e. The molecule has 1 aliphatic carbocycles. The lowest BCUT2D eigenvalue weighted by Gasteiger charge is -2.08. The van der Waals surface area contributed by atoms with Gasteiger partial charge in [-0.3, -0.25) is 0 Å². The summed E-state index contributed by atoms with van der Waals surface area (Å²) in [6.45, 7) is 0.810. The fourth-order valence-corrected chi connectivity index (χ4v) is 4.51. The van der Waals surface area contributed by atoms with Crippen LogP contribution in [0.5, 0.6) is 0 Å². The van der Waals surface area contributed by atoms with E-state index in [-0.39, 0.29) is 6.10 Å². The van der Waals surface area contributed by atoms with E-state index in [2.05, 4.69) is 9.97 Å². The number of rotatable bonds is 1. The van der Waals surface area contributed by atoms with Gasteiger partial charge in [-0.15, -0.1) is 11.3 Å². The fourth-order valence-electron chi connectivity index (χ4n) is 2.89. The molecule has 1 aliphatic heterocycles. The molecule has 0 spiro atoms. The topological polar surface area (TPSA) is 35.0 Å². The first-order chi connectivity index (χ1) is 8.83. The second kappa shape index (κ2) is 4.15. The van der Waals surface area contributed by atoms with Gasteiger partial charge < -0.3 is 4.74 Å². The summed E-state index contributed by atoms with van der Waals surface area (Å²) in [6, 6.07) is 0. The number of halogens is 1. The third-order valence-corrected chi connectivity index (χ3v) is 5.21. The summed E-state index contributed by atoms with van der Waals surface area (Å²) in [5, 5.41) is 1.71. The molecular weight excluding hydrogens is 268 g/mol. The minimum absolute atomic E-state index is 0.0452. The highest BCUT2D eigenvalue weighted by atomic mass is 35.5. The molecule has 0 N–H and O–H groups in total. The Labute approximate surface area is 114 Å². The van der Waals surface area contributed by atoms with Crippen LogP contribution in [0.4, 0.5) is 0 Å². The fraction of sp³-hybridized carbons (Fsp3) is 0.538. The molecule has 94 valence electrons. The highest BCUT2D eigenvalue weighted by Gasteiger charge is 2.25. The quantitative estimate of drug-likeness (QED) is 0.748. The van der Waals surface area contributed by atoms with Gasteiger partial charge in [-0.2, -0.15) is 0 Å². The predicted molar refractivity (Wildman–Crippen MR) is 72.4 cm³/mol. The van der Waals surface area contributed by atoms with Gasteiger partial charge in [0.1, 0.15) is 16.1 Å². The Kier molecular flexibility index (Phi) is 2.57. The number of nitrogens with zero attached hydrogens (tertiary/aromatic N) is 2. The molecule has 3 nitrogen and oxygen atoms in total. The molecule has 1 unspecified atom stereocenters. The molecule has 18 heavy (non-hydrogen) atoms. The van der Waals surface area contributed by atoms with Gasteiger partial charge in [0.2, 0.25) is 0 Å². The number of hydrogen-bond acceptors (Lipinski definition) is 4. The first-order valence-corrected chi connectivity index (χ1v) is 7.61. The Morgan fingerprint density at radius 1 is 1.22 bits per heavy atom. The van der Waals surface area contributed by atoms with Crippen LogP contribution in [0.2, 0.25) is 5.15 Å². The van der Waals surface area contributed by atoms with Crippen molar-refractivity contribution in [3.8, 4) is 0 Å². The van der Waals surface area contributed by atoms with Crippen LogP contribution in [0.15, 0.2) is 0 Å². The molecule has 3 heterocycles. The molecule has 1 fully saturated rings. The van der Waals surface area contributed by atoms with Gasteiger partial charge >= 0.3 is 0 Å². The standard InChI is InChI=1S/C13H13ClN2OS/c14-11-10-7-3-1-5-9(7)18-13(10)16-12(15-11)8-4-2-6-17-8/h8H,1-6H2. The average molecular weight is 281 g/mol. The maximum absolute atomic E-state index is 6.37. The van der Waals surface area contributed by atoms with Crippen molar-refractivity contribution in [2.24, 2.45) is 0 Å². The van der Waals surface area contributed by atoms with Gasteiger partial charge in [-0.25, -0.2) is 9.97 Å². The van der Waals surface area contributed by atoms with Crippen molar-refractivity contribution >= 4 is 33.2 Å². The maximum Gasteiger partial charge on any atom is 0.160 e. The molecule has 2 aromatic rings. The van der Waals surface area contributed by atoms with Crippen molar-refractivity contribution in [3.05, 3.63) is 21.4 Å². The van der Waals surface area contributed by atoms with Crippen molar-refractivity contribution in [3.63, 3.8) is 0 Å². The first-order valence-electron chi connectivity index (χ1n) is 6.42. The zero-order valence-corrected chi connectivity index (χ0v) is 11.5. The Balaban J connectivity index is 1.88. The monoisotopic (exact) mass is 280 g/mol. The van der Waals surface area contributed by atoms with Gasteiger partial charge in [0.05, 0.1) is 5.39 Å². The average Bonchev–Trinajstić information content (AvgIpc) is 3.04. The lowest BCUT2D eigenvalue weighted by Crippen LogP contribution is -2.03. The van der Waals surface area contributed by atoms with Gasteiger partial charge in [0.15, 0.2) is 5.82 Å². The van der Waals surface area contributed by atoms with E-state index in [1.807, 2.05) is 0 Å². The summed E-state index contributed by atoms with van der Waals surface area (Å²) in [5.74, 6) is 0.768. The number of ether oxygens (including phenoxy) is 1. The molecule has 4 rings (SSSR count). The molecule has 0 amide bonds.